The lowest BCUT2D eigenvalue weighted by Gasteiger charge is -2.36. The molecule has 3 aromatic rings. The predicted octanol–water partition coefficient (Wildman–Crippen LogP) is 4.19. The van der Waals surface area contributed by atoms with Crippen LogP contribution < -0.4 is 23.8 Å². The van der Waals surface area contributed by atoms with Crippen molar-refractivity contribution in [2.24, 2.45) is 0 Å². The molecule has 0 spiro atoms. The number of rotatable bonds is 8. The zero-order valence-electron chi connectivity index (χ0n) is 22.4. The number of amides is 1. The highest BCUT2D eigenvalue weighted by molar-refractivity contribution is 6.24. The van der Waals surface area contributed by atoms with E-state index in [-0.39, 0.29) is 11.7 Å². The highest BCUT2D eigenvalue weighted by Crippen LogP contribution is 2.41. The minimum Gasteiger partial charge on any atom is -0.504 e. The zero-order chi connectivity index (χ0) is 27.9. The molecule has 3 aromatic carbocycles. The summed E-state index contributed by atoms with van der Waals surface area (Å²) in [5.74, 6) is 1.42. The third kappa shape index (κ3) is 5.85. The number of hydrogen-bond donors (Lipinski definition) is 1. The van der Waals surface area contributed by atoms with Crippen LogP contribution in [0.3, 0.4) is 0 Å². The van der Waals surface area contributed by atoms with Gasteiger partial charge in [0.05, 0.1) is 40.1 Å². The maximum atomic E-state index is 14.0. The first-order chi connectivity index (χ1) is 18.9. The number of phenols is 1. The van der Waals surface area contributed by atoms with Crippen LogP contribution in [0.2, 0.25) is 0 Å². The zero-order valence-corrected chi connectivity index (χ0v) is 22.4. The molecule has 1 N–H and O–H groups in total. The molecular formula is C30H31N3O6. The monoisotopic (exact) mass is 529 g/mol. The number of piperazine rings is 1. The number of nitriles is 1. The van der Waals surface area contributed by atoms with Crippen molar-refractivity contribution < 1.29 is 28.8 Å². The van der Waals surface area contributed by atoms with Gasteiger partial charge < -0.3 is 33.9 Å². The Bertz CT molecular complexity index is 1380. The van der Waals surface area contributed by atoms with Gasteiger partial charge in [-0.15, -0.1) is 0 Å². The minimum absolute atomic E-state index is 0.0287. The van der Waals surface area contributed by atoms with E-state index in [1.54, 1.807) is 53.4 Å². The Labute approximate surface area is 228 Å². The van der Waals surface area contributed by atoms with Gasteiger partial charge in [0.2, 0.25) is 5.75 Å². The van der Waals surface area contributed by atoms with E-state index >= 15 is 0 Å². The Morgan fingerprint density at radius 3 is 1.97 bits per heavy atom. The van der Waals surface area contributed by atoms with Crippen molar-refractivity contribution >= 4 is 23.2 Å². The fourth-order valence-electron chi connectivity index (χ4n) is 4.55. The first-order valence-electron chi connectivity index (χ1n) is 12.4. The first-order valence-corrected chi connectivity index (χ1v) is 12.4. The average molecular weight is 530 g/mol. The van der Waals surface area contributed by atoms with E-state index in [2.05, 4.69) is 11.0 Å². The van der Waals surface area contributed by atoms with E-state index in [9.17, 15) is 9.90 Å². The molecule has 202 valence electrons. The molecule has 39 heavy (non-hydrogen) atoms. The molecule has 0 aromatic heterocycles. The van der Waals surface area contributed by atoms with E-state index in [0.717, 1.165) is 5.69 Å². The molecule has 1 amide bonds. The molecule has 9 heteroatoms. The number of anilines is 1. The summed E-state index contributed by atoms with van der Waals surface area (Å²) in [6, 6.07) is 18.0. The fourth-order valence-corrected chi connectivity index (χ4v) is 4.55. The maximum absolute atomic E-state index is 14.0. The van der Waals surface area contributed by atoms with Crippen molar-refractivity contribution in [1.29, 1.82) is 5.26 Å². The molecule has 0 bridgehead atoms. The van der Waals surface area contributed by atoms with Gasteiger partial charge in [0.1, 0.15) is 0 Å². The van der Waals surface area contributed by atoms with Crippen LogP contribution in [0.15, 0.2) is 54.6 Å². The number of phenolic OH excluding ortho intramolecular Hbond substituents is 1. The SMILES string of the molecule is COc1ccc(/C=C(/C(=O)N2CCN(c3ccc(C#N)cc3)CC2)c2cc(OC)c(OC)c(OC)c2)cc1O. The number of benzene rings is 3. The highest BCUT2D eigenvalue weighted by Gasteiger charge is 2.26. The van der Waals surface area contributed by atoms with Gasteiger partial charge in [0.25, 0.3) is 5.91 Å². The summed E-state index contributed by atoms with van der Waals surface area (Å²) in [7, 11) is 6.05. The topological polar surface area (TPSA) is 104 Å². The molecular weight excluding hydrogens is 498 g/mol. The van der Waals surface area contributed by atoms with Crippen LogP contribution in [-0.2, 0) is 4.79 Å². The van der Waals surface area contributed by atoms with Gasteiger partial charge >= 0.3 is 0 Å². The summed E-state index contributed by atoms with van der Waals surface area (Å²) in [4.78, 5) is 18.0. The molecule has 0 saturated carbocycles. The largest absolute Gasteiger partial charge is 0.504 e. The molecule has 0 atom stereocenters. The highest BCUT2D eigenvalue weighted by atomic mass is 16.5. The van der Waals surface area contributed by atoms with Crippen LogP contribution in [0.5, 0.6) is 28.7 Å². The summed E-state index contributed by atoms with van der Waals surface area (Å²) in [5.41, 5.74) is 3.24. The van der Waals surface area contributed by atoms with Gasteiger partial charge in [-0.05, 0) is 65.7 Å². The summed E-state index contributed by atoms with van der Waals surface area (Å²) in [5, 5.41) is 19.4. The van der Waals surface area contributed by atoms with Crippen LogP contribution in [0, 0.1) is 11.3 Å². The lowest BCUT2D eigenvalue weighted by atomic mass is 9.99. The summed E-state index contributed by atoms with van der Waals surface area (Å²) < 4.78 is 21.7. The van der Waals surface area contributed by atoms with Crippen LogP contribution in [-0.4, -0.2) is 70.5 Å². The van der Waals surface area contributed by atoms with Gasteiger partial charge in [-0.1, -0.05) is 6.07 Å². The maximum Gasteiger partial charge on any atom is 0.254 e. The fraction of sp³-hybridized carbons (Fsp3) is 0.267. The smallest absolute Gasteiger partial charge is 0.254 e. The van der Waals surface area contributed by atoms with Crippen molar-refractivity contribution in [3.63, 3.8) is 0 Å². The normalized spacial score (nSPS) is 13.5. The van der Waals surface area contributed by atoms with Crippen LogP contribution in [0.4, 0.5) is 5.69 Å². The molecule has 1 aliphatic rings. The number of carbonyl (C=O) groups excluding carboxylic acids is 1. The van der Waals surface area contributed by atoms with Gasteiger partial charge in [0.15, 0.2) is 23.0 Å². The third-order valence-electron chi connectivity index (χ3n) is 6.65. The lowest BCUT2D eigenvalue weighted by molar-refractivity contribution is -0.125. The second-order valence-corrected chi connectivity index (χ2v) is 8.84. The van der Waals surface area contributed by atoms with Crippen molar-refractivity contribution in [1.82, 2.24) is 4.90 Å². The number of ether oxygens (including phenoxy) is 4. The van der Waals surface area contributed by atoms with Gasteiger partial charge in [-0.25, -0.2) is 0 Å². The van der Waals surface area contributed by atoms with E-state index in [1.165, 1.54) is 28.4 Å². The number of hydrogen-bond acceptors (Lipinski definition) is 8. The number of carbonyl (C=O) groups is 1. The predicted molar refractivity (Wildman–Crippen MR) is 149 cm³/mol. The number of aromatic hydroxyl groups is 1. The molecule has 0 radical (unpaired) electrons. The van der Waals surface area contributed by atoms with Gasteiger partial charge in [0, 0.05) is 37.4 Å². The number of methoxy groups -OCH3 is 4. The average Bonchev–Trinajstić information content (AvgIpc) is 2.99. The summed E-state index contributed by atoms with van der Waals surface area (Å²) >= 11 is 0. The molecule has 1 fully saturated rings. The molecule has 9 nitrogen and oxygen atoms in total. The van der Waals surface area contributed by atoms with Crippen molar-refractivity contribution in [2.75, 3.05) is 59.5 Å². The first kappa shape index (κ1) is 27.2. The number of nitrogens with zero attached hydrogens (tertiary/aromatic N) is 3. The molecule has 1 aliphatic heterocycles. The minimum atomic E-state index is -0.168. The van der Waals surface area contributed by atoms with Crippen molar-refractivity contribution in [3.05, 3.63) is 71.3 Å². The quantitative estimate of drug-likeness (QED) is 0.342. The van der Waals surface area contributed by atoms with Gasteiger partial charge in [-0.2, -0.15) is 5.26 Å². The van der Waals surface area contributed by atoms with E-state index in [1.807, 2.05) is 12.1 Å². The molecule has 0 unspecified atom stereocenters. The Balaban J connectivity index is 1.68. The Hall–Kier alpha value is -4.84. The Morgan fingerprint density at radius 2 is 1.46 bits per heavy atom. The Morgan fingerprint density at radius 1 is 0.846 bits per heavy atom. The van der Waals surface area contributed by atoms with E-state index < -0.39 is 0 Å². The molecule has 1 saturated heterocycles. The molecule has 0 aliphatic carbocycles. The summed E-state index contributed by atoms with van der Waals surface area (Å²) in [6.45, 7) is 2.30. The van der Waals surface area contributed by atoms with Crippen LogP contribution >= 0.6 is 0 Å². The second kappa shape index (κ2) is 12.1. The van der Waals surface area contributed by atoms with Crippen molar-refractivity contribution in [2.45, 2.75) is 0 Å². The lowest BCUT2D eigenvalue weighted by Crippen LogP contribution is -2.49. The van der Waals surface area contributed by atoms with Crippen LogP contribution in [0.1, 0.15) is 16.7 Å². The third-order valence-corrected chi connectivity index (χ3v) is 6.65. The van der Waals surface area contributed by atoms with E-state index in [0.29, 0.717) is 71.4 Å². The van der Waals surface area contributed by atoms with E-state index in [4.69, 9.17) is 24.2 Å². The van der Waals surface area contributed by atoms with Crippen molar-refractivity contribution in [3.8, 4) is 34.8 Å². The van der Waals surface area contributed by atoms with Crippen LogP contribution in [0.25, 0.3) is 11.6 Å². The molecule has 4 rings (SSSR count). The Kier molecular flexibility index (Phi) is 8.46. The second-order valence-electron chi connectivity index (χ2n) is 8.84. The molecule has 1 heterocycles. The summed E-state index contributed by atoms with van der Waals surface area (Å²) in [6.07, 6.45) is 1.73. The van der Waals surface area contributed by atoms with Gasteiger partial charge in [-0.3, -0.25) is 4.79 Å². The standard InChI is InChI=1S/C30H31N3O6/c1-36-26-10-7-21(16-25(26)34)15-24(22-17-27(37-2)29(39-4)28(18-22)38-3)30(35)33-13-11-32(12-14-33)23-8-5-20(19-31)6-9-23/h5-10,15-18,34H,11-14H2,1-4H3/b24-15+.